The van der Waals surface area contributed by atoms with Crippen molar-refractivity contribution in [1.82, 2.24) is 9.88 Å². The Morgan fingerprint density at radius 1 is 1.00 bits per heavy atom. The Bertz CT molecular complexity index is 797. The summed E-state index contributed by atoms with van der Waals surface area (Å²) in [7, 11) is 1.89. The number of hydrogen-bond donors (Lipinski definition) is 0. The van der Waals surface area contributed by atoms with Gasteiger partial charge in [-0.2, -0.15) is 13.2 Å². The number of piperazine rings is 1. The number of rotatable bonds is 2. The van der Waals surface area contributed by atoms with Crippen LogP contribution in [0.4, 0.5) is 32.0 Å². The van der Waals surface area contributed by atoms with Gasteiger partial charge in [0.2, 0.25) is 0 Å². The molecule has 1 aromatic carbocycles. The molecule has 3 rings (SSSR count). The molecule has 2 heterocycles. The molecule has 0 N–H and O–H groups in total. The molecule has 0 atom stereocenters. The van der Waals surface area contributed by atoms with Gasteiger partial charge in [0.05, 0.1) is 0 Å². The smallest absolute Gasteiger partial charge is 0.403 e. The normalized spacial score (nSPS) is 17.0. The van der Waals surface area contributed by atoms with Crippen molar-refractivity contribution < 1.29 is 31.1 Å². The molecular weight excluding hydrogens is 364 g/mol. The van der Waals surface area contributed by atoms with Gasteiger partial charge in [-0.1, -0.05) is 12.1 Å². The summed E-state index contributed by atoms with van der Waals surface area (Å²) in [6.45, 7) is 2.17. The Labute approximate surface area is 145 Å². The van der Waals surface area contributed by atoms with Crippen LogP contribution in [0.1, 0.15) is 5.69 Å². The first kappa shape index (κ1) is 18.6. The number of benzene rings is 1. The summed E-state index contributed by atoms with van der Waals surface area (Å²) in [6, 6.07) is 4.58. The van der Waals surface area contributed by atoms with Crippen LogP contribution < -0.4 is 9.64 Å². The van der Waals surface area contributed by atoms with Gasteiger partial charge in [0.1, 0.15) is 11.2 Å². The number of aromatic nitrogens is 1. The van der Waals surface area contributed by atoms with E-state index in [1.54, 1.807) is 4.90 Å². The predicted octanol–water partition coefficient (Wildman–Crippen LogP) is 3.90. The lowest BCUT2D eigenvalue weighted by Gasteiger charge is -2.35. The highest BCUT2D eigenvalue weighted by Gasteiger charge is 2.36. The lowest BCUT2D eigenvalue weighted by molar-refractivity contribution is -0.274. The number of para-hydroxylation sites is 1. The highest BCUT2D eigenvalue weighted by Crippen LogP contribution is 2.39. The molecule has 0 bridgehead atoms. The Morgan fingerprint density at radius 3 is 2.23 bits per heavy atom. The highest BCUT2D eigenvalue weighted by molar-refractivity contribution is 5.95. The molecular formula is C16H15F6N3O. The second kappa shape index (κ2) is 6.49. The summed E-state index contributed by atoms with van der Waals surface area (Å²) in [6.07, 6.45) is -9.82. The standard InChI is InChI=1S/C16H15F6N3O/c1-24-5-7-25(8-6-24)11-9-13(15(17,18)19)23-14-10(11)3-2-4-12(14)26-16(20,21)22/h2-4,9H,5-8H2,1H3. The van der Waals surface area contributed by atoms with Gasteiger partial charge in [0.25, 0.3) is 0 Å². The molecule has 10 heteroatoms. The molecule has 1 fully saturated rings. The minimum absolute atomic E-state index is 0.185. The maximum Gasteiger partial charge on any atom is 0.573 e. The summed E-state index contributed by atoms with van der Waals surface area (Å²) < 4.78 is 81.5. The maximum absolute atomic E-state index is 13.2. The van der Waals surface area contributed by atoms with Crippen LogP contribution in [0, 0.1) is 0 Å². The molecule has 0 unspecified atom stereocenters. The van der Waals surface area contributed by atoms with Gasteiger partial charge in [-0.15, -0.1) is 13.2 Å². The minimum Gasteiger partial charge on any atom is -0.403 e. The molecule has 1 aliphatic rings. The zero-order valence-electron chi connectivity index (χ0n) is 13.7. The van der Waals surface area contributed by atoms with Crippen molar-refractivity contribution in [2.75, 3.05) is 38.1 Å². The minimum atomic E-state index is -5.03. The van der Waals surface area contributed by atoms with E-state index in [0.717, 1.165) is 12.1 Å². The van der Waals surface area contributed by atoms with Crippen molar-refractivity contribution in [3.63, 3.8) is 0 Å². The SMILES string of the molecule is CN1CCN(c2cc(C(F)(F)F)nc3c(OC(F)(F)F)cccc23)CC1. The van der Waals surface area contributed by atoms with E-state index >= 15 is 0 Å². The number of likely N-dealkylation sites (N-methyl/N-ethyl adjacent to an activating group) is 1. The lowest BCUT2D eigenvalue weighted by Crippen LogP contribution is -2.44. The number of halogens is 6. The van der Waals surface area contributed by atoms with E-state index in [4.69, 9.17) is 0 Å². The number of hydrogen-bond acceptors (Lipinski definition) is 4. The van der Waals surface area contributed by atoms with Crippen LogP contribution in [0.25, 0.3) is 10.9 Å². The lowest BCUT2D eigenvalue weighted by atomic mass is 10.1. The number of ether oxygens (including phenoxy) is 1. The van der Waals surface area contributed by atoms with Crippen LogP contribution in [-0.2, 0) is 6.18 Å². The molecule has 4 nitrogen and oxygen atoms in total. The van der Waals surface area contributed by atoms with Crippen LogP contribution >= 0.6 is 0 Å². The monoisotopic (exact) mass is 379 g/mol. The molecule has 142 valence electrons. The van der Waals surface area contributed by atoms with E-state index in [1.165, 1.54) is 12.1 Å². The van der Waals surface area contributed by atoms with Crippen LogP contribution in [0.2, 0.25) is 0 Å². The Kier molecular flexibility index (Phi) is 4.63. The Morgan fingerprint density at radius 2 is 1.65 bits per heavy atom. The van der Waals surface area contributed by atoms with E-state index in [1.807, 2.05) is 11.9 Å². The summed E-state index contributed by atoms with van der Waals surface area (Å²) in [5.41, 5.74) is -1.52. The van der Waals surface area contributed by atoms with Crippen molar-refractivity contribution in [3.8, 4) is 5.75 Å². The molecule has 1 aliphatic heterocycles. The topological polar surface area (TPSA) is 28.6 Å². The fourth-order valence-corrected chi connectivity index (χ4v) is 2.87. The molecule has 1 aromatic heterocycles. The van der Waals surface area contributed by atoms with Gasteiger partial charge in [0.15, 0.2) is 5.75 Å². The average molecular weight is 379 g/mol. The summed E-state index contributed by atoms with van der Waals surface area (Å²) in [5.74, 6) is -0.753. The Balaban J connectivity index is 2.17. The largest absolute Gasteiger partial charge is 0.573 e. The van der Waals surface area contributed by atoms with Gasteiger partial charge in [0, 0.05) is 37.3 Å². The molecule has 0 spiro atoms. The number of alkyl halides is 6. The third-order valence-electron chi connectivity index (χ3n) is 4.14. The number of nitrogens with zero attached hydrogens (tertiary/aromatic N) is 3. The van der Waals surface area contributed by atoms with Gasteiger partial charge in [-0.25, -0.2) is 4.98 Å². The first-order valence-electron chi connectivity index (χ1n) is 7.75. The maximum atomic E-state index is 13.2. The van der Waals surface area contributed by atoms with Crippen molar-refractivity contribution in [3.05, 3.63) is 30.0 Å². The molecule has 0 aliphatic carbocycles. The number of fused-ring (bicyclic) bond motifs is 1. The van der Waals surface area contributed by atoms with Crippen molar-refractivity contribution in [1.29, 1.82) is 0 Å². The fraction of sp³-hybridized carbons (Fsp3) is 0.438. The van der Waals surface area contributed by atoms with Gasteiger partial charge in [-0.05, 0) is 19.2 Å². The van der Waals surface area contributed by atoms with Gasteiger partial charge in [-0.3, -0.25) is 0 Å². The van der Waals surface area contributed by atoms with Gasteiger partial charge < -0.3 is 14.5 Å². The molecule has 2 aromatic rings. The quantitative estimate of drug-likeness (QED) is 0.740. The zero-order valence-corrected chi connectivity index (χ0v) is 13.7. The molecule has 1 saturated heterocycles. The first-order valence-corrected chi connectivity index (χ1v) is 7.75. The van der Waals surface area contributed by atoms with E-state index in [9.17, 15) is 26.3 Å². The van der Waals surface area contributed by atoms with Gasteiger partial charge >= 0.3 is 12.5 Å². The van der Waals surface area contributed by atoms with E-state index in [2.05, 4.69) is 9.72 Å². The van der Waals surface area contributed by atoms with Crippen molar-refractivity contribution in [2.24, 2.45) is 0 Å². The summed E-state index contributed by atoms with van der Waals surface area (Å²) in [4.78, 5) is 7.15. The highest BCUT2D eigenvalue weighted by atomic mass is 19.4. The fourth-order valence-electron chi connectivity index (χ4n) is 2.87. The van der Waals surface area contributed by atoms with Crippen LogP contribution in [0.5, 0.6) is 5.75 Å². The molecule has 26 heavy (non-hydrogen) atoms. The second-order valence-corrected chi connectivity index (χ2v) is 6.01. The van der Waals surface area contributed by atoms with E-state index in [0.29, 0.717) is 26.2 Å². The average Bonchev–Trinajstić information content (AvgIpc) is 2.53. The zero-order chi connectivity index (χ0) is 19.1. The van der Waals surface area contributed by atoms with Crippen molar-refractivity contribution in [2.45, 2.75) is 12.5 Å². The van der Waals surface area contributed by atoms with Crippen LogP contribution in [0.15, 0.2) is 24.3 Å². The summed E-state index contributed by atoms with van der Waals surface area (Å²) in [5, 5.41) is 0.185. The van der Waals surface area contributed by atoms with Crippen LogP contribution in [0.3, 0.4) is 0 Å². The van der Waals surface area contributed by atoms with Crippen LogP contribution in [-0.4, -0.2) is 49.5 Å². The third kappa shape index (κ3) is 3.95. The summed E-state index contributed by atoms with van der Waals surface area (Å²) >= 11 is 0. The molecule has 0 radical (unpaired) electrons. The predicted molar refractivity (Wildman–Crippen MR) is 83.1 cm³/mol. The molecule has 0 amide bonds. The molecule has 0 saturated carbocycles. The Hall–Kier alpha value is -2.23. The second-order valence-electron chi connectivity index (χ2n) is 6.01. The number of anilines is 1. The van der Waals surface area contributed by atoms with E-state index in [-0.39, 0.29) is 11.1 Å². The third-order valence-corrected chi connectivity index (χ3v) is 4.14. The van der Waals surface area contributed by atoms with Crippen molar-refractivity contribution >= 4 is 16.6 Å². The number of pyridine rings is 1. The first-order chi connectivity index (χ1) is 12.0. The van der Waals surface area contributed by atoms with E-state index < -0.39 is 29.5 Å².